The van der Waals surface area contributed by atoms with Crippen molar-refractivity contribution in [1.29, 1.82) is 0 Å². The first-order valence-corrected chi connectivity index (χ1v) is 10.0. The fraction of sp³-hybridized carbons (Fsp3) is 0.292. The fourth-order valence-electron chi connectivity index (χ4n) is 2.88. The number of carbonyl (C=O) groups is 1. The van der Waals surface area contributed by atoms with Crippen molar-refractivity contribution >= 4 is 17.9 Å². The summed E-state index contributed by atoms with van der Waals surface area (Å²) in [5, 5.41) is 0.578. The normalized spacial score (nSPS) is 12.3. The SMILES string of the molecule is COc1cc(CN(C)/C(C)=C\C(OCc2ccccc2CN)=C(\C)C=O)ccc1Cl. The summed E-state index contributed by atoms with van der Waals surface area (Å²) in [6.07, 6.45) is 2.68. The highest BCUT2D eigenvalue weighted by Gasteiger charge is 2.09. The largest absolute Gasteiger partial charge is 0.495 e. The zero-order valence-electron chi connectivity index (χ0n) is 17.9. The summed E-state index contributed by atoms with van der Waals surface area (Å²) < 4.78 is 11.3. The van der Waals surface area contributed by atoms with E-state index in [4.69, 9.17) is 26.8 Å². The van der Waals surface area contributed by atoms with Gasteiger partial charge in [-0.25, -0.2) is 0 Å². The molecular weight excluding hydrogens is 400 g/mol. The number of hydrogen-bond donors (Lipinski definition) is 1. The maximum atomic E-state index is 11.4. The Morgan fingerprint density at radius 1 is 1.17 bits per heavy atom. The molecule has 2 N–H and O–H groups in total. The lowest BCUT2D eigenvalue weighted by Crippen LogP contribution is -2.16. The molecular formula is C24H29ClN2O3. The van der Waals surface area contributed by atoms with Gasteiger partial charge in [0.05, 0.1) is 12.1 Å². The Labute approximate surface area is 183 Å². The molecule has 0 saturated carbocycles. The van der Waals surface area contributed by atoms with Crippen molar-refractivity contribution in [1.82, 2.24) is 4.90 Å². The minimum atomic E-state index is 0.343. The summed E-state index contributed by atoms with van der Waals surface area (Å²) in [4.78, 5) is 13.5. The molecule has 0 aliphatic heterocycles. The molecule has 0 aliphatic carbocycles. The predicted molar refractivity (Wildman–Crippen MR) is 121 cm³/mol. The quantitative estimate of drug-likeness (QED) is 0.254. The molecule has 0 unspecified atom stereocenters. The van der Waals surface area contributed by atoms with Crippen LogP contribution in [-0.4, -0.2) is 25.3 Å². The molecule has 0 aromatic heterocycles. The van der Waals surface area contributed by atoms with Gasteiger partial charge in [0.15, 0.2) is 0 Å². The van der Waals surface area contributed by atoms with E-state index in [1.54, 1.807) is 14.0 Å². The number of halogens is 1. The molecule has 6 heteroatoms. The average Bonchev–Trinajstić information content (AvgIpc) is 2.77. The van der Waals surface area contributed by atoms with Crippen molar-refractivity contribution in [2.75, 3.05) is 14.2 Å². The number of nitrogens with zero attached hydrogens (tertiary/aromatic N) is 1. The number of rotatable bonds is 10. The third kappa shape index (κ3) is 6.37. The number of hydrogen-bond acceptors (Lipinski definition) is 5. The first-order chi connectivity index (χ1) is 14.4. The second kappa shape index (κ2) is 11.4. The minimum Gasteiger partial charge on any atom is -0.495 e. The van der Waals surface area contributed by atoms with Crippen LogP contribution in [0.1, 0.15) is 30.5 Å². The van der Waals surface area contributed by atoms with Crippen molar-refractivity contribution in [3.8, 4) is 5.75 Å². The second-order valence-electron chi connectivity index (χ2n) is 7.04. The lowest BCUT2D eigenvalue weighted by molar-refractivity contribution is -0.105. The van der Waals surface area contributed by atoms with E-state index in [-0.39, 0.29) is 0 Å². The van der Waals surface area contributed by atoms with Gasteiger partial charge in [-0.05, 0) is 48.7 Å². The van der Waals surface area contributed by atoms with Crippen molar-refractivity contribution in [2.24, 2.45) is 5.73 Å². The van der Waals surface area contributed by atoms with Gasteiger partial charge in [0.25, 0.3) is 0 Å². The van der Waals surface area contributed by atoms with Crippen LogP contribution in [-0.2, 0) is 29.2 Å². The number of ether oxygens (including phenoxy) is 2. The van der Waals surface area contributed by atoms with E-state index in [1.807, 2.05) is 62.5 Å². The lowest BCUT2D eigenvalue weighted by Gasteiger charge is -2.21. The van der Waals surface area contributed by atoms with Crippen LogP contribution in [0.25, 0.3) is 0 Å². The number of benzene rings is 2. The fourth-order valence-corrected chi connectivity index (χ4v) is 3.08. The van der Waals surface area contributed by atoms with E-state index in [9.17, 15) is 4.79 Å². The Kier molecular flexibility index (Phi) is 8.96. The zero-order chi connectivity index (χ0) is 22.1. The smallest absolute Gasteiger partial charge is 0.149 e. The van der Waals surface area contributed by atoms with E-state index in [2.05, 4.69) is 4.90 Å². The highest BCUT2D eigenvalue weighted by atomic mass is 35.5. The molecule has 0 radical (unpaired) electrons. The molecule has 5 nitrogen and oxygen atoms in total. The topological polar surface area (TPSA) is 64.8 Å². The van der Waals surface area contributed by atoms with E-state index in [1.165, 1.54) is 0 Å². The summed E-state index contributed by atoms with van der Waals surface area (Å²) in [6, 6.07) is 13.5. The monoisotopic (exact) mass is 428 g/mol. The van der Waals surface area contributed by atoms with Crippen LogP contribution in [0.4, 0.5) is 0 Å². The molecule has 160 valence electrons. The molecule has 0 saturated heterocycles. The van der Waals surface area contributed by atoms with Gasteiger partial charge < -0.3 is 20.1 Å². The van der Waals surface area contributed by atoms with E-state index < -0.39 is 0 Å². The number of allylic oxidation sites excluding steroid dienone is 3. The van der Waals surface area contributed by atoms with Gasteiger partial charge in [-0.3, -0.25) is 4.79 Å². The minimum absolute atomic E-state index is 0.343. The Bertz CT molecular complexity index is 938. The van der Waals surface area contributed by atoms with Crippen molar-refractivity contribution in [3.05, 3.63) is 87.3 Å². The highest BCUT2D eigenvalue weighted by Crippen LogP contribution is 2.26. The molecule has 2 rings (SSSR count). The number of carbonyl (C=O) groups excluding carboxylic acids is 1. The van der Waals surface area contributed by atoms with Crippen molar-refractivity contribution < 1.29 is 14.3 Å². The predicted octanol–water partition coefficient (Wildman–Crippen LogP) is 4.83. The number of nitrogens with two attached hydrogens (primary N) is 1. The highest BCUT2D eigenvalue weighted by molar-refractivity contribution is 6.32. The van der Waals surface area contributed by atoms with E-state index in [0.717, 1.165) is 28.7 Å². The first kappa shape index (κ1) is 23.5. The average molecular weight is 429 g/mol. The van der Waals surface area contributed by atoms with Gasteiger partial charge in [0, 0.05) is 31.4 Å². The number of methoxy groups -OCH3 is 1. The maximum absolute atomic E-state index is 11.4. The molecule has 0 amide bonds. The summed E-state index contributed by atoms with van der Waals surface area (Å²) in [5.41, 5.74) is 10.4. The Morgan fingerprint density at radius 3 is 2.50 bits per heavy atom. The Hall–Kier alpha value is -2.76. The van der Waals surface area contributed by atoms with Crippen LogP contribution in [0, 0.1) is 0 Å². The van der Waals surface area contributed by atoms with Crippen molar-refractivity contribution in [2.45, 2.75) is 33.5 Å². The first-order valence-electron chi connectivity index (χ1n) is 9.67. The maximum Gasteiger partial charge on any atom is 0.149 e. The Morgan fingerprint density at radius 2 is 1.87 bits per heavy atom. The molecule has 0 heterocycles. The zero-order valence-corrected chi connectivity index (χ0v) is 18.7. The molecule has 2 aromatic carbocycles. The standard InChI is InChI=1S/C24H29ClN2O3/c1-17(15-28)23(30-16-21-8-6-5-7-20(21)13-26)11-18(2)27(3)14-19-9-10-22(25)24(12-19)29-4/h5-12,15H,13-14,16,26H2,1-4H3/b18-11-,23-17+. The number of aldehydes is 1. The summed E-state index contributed by atoms with van der Waals surface area (Å²) in [6.45, 7) is 5.15. The Balaban J connectivity index is 2.16. The van der Waals surface area contributed by atoms with Crippen LogP contribution in [0.3, 0.4) is 0 Å². The third-order valence-electron chi connectivity index (χ3n) is 4.86. The van der Waals surface area contributed by atoms with Gasteiger partial charge >= 0.3 is 0 Å². The van der Waals surface area contributed by atoms with E-state index >= 15 is 0 Å². The van der Waals surface area contributed by atoms with E-state index in [0.29, 0.717) is 41.8 Å². The molecule has 0 fully saturated rings. The summed E-state index contributed by atoms with van der Waals surface area (Å²) in [5.74, 6) is 1.18. The molecule has 0 spiro atoms. The molecule has 30 heavy (non-hydrogen) atoms. The summed E-state index contributed by atoms with van der Waals surface area (Å²) in [7, 11) is 3.57. The lowest BCUT2D eigenvalue weighted by atomic mass is 10.1. The third-order valence-corrected chi connectivity index (χ3v) is 5.18. The van der Waals surface area contributed by atoms with Crippen LogP contribution < -0.4 is 10.5 Å². The van der Waals surface area contributed by atoms with Gasteiger partial charge in [-0.2, -0.15) is 0 Å². The molecule has 0 aliphatic rings. The second-order valence-corrected chi connectivity index (χ2v) is 7.44. The molecule has 0 atom stereocenters. The van der Waals surface area contributed by atoms with Crippen molar-refractivity contribution in [3.63, 3.8) is 0 Å². The van der Waals surface area contributed by atoms with Gasteiger partial charge in [0.1, 0.15) is 24.4 Å². The van der Waals surface area contributed by atoms with Crippen LogP contribution in [0.5, 0.6) is 5.75 Å². The summed E-state index contributed by atoms with van der Waals surface area (Å²) >= 11 is 6.11. The van der Waals surface area contributed by atoms with Gasteiger partial charge in [-0.15, -0.1) is 0 Å². The molecule has 2 aromatic rings. The van der Waals surface area contributed by atoms with Crippen LogP contribution in [0.15, 0.2) is 65.6 Å². The van der Waals surface area contributed by atoms with Crippen LogP contribution >= 0.6 is 11.6 Å². The van der Waals surface area contributed by atoms with Gasteiger partial charge in [-0.1, -0.05) is 41.9 Å². The van der Waals surface area contributed by atoms with Gasteiger partial charge in [0.2, 0.25) is 0 Å². The van der Waals surface area contributed by atoms with Crippen LogP contribution in [0.2, 0.25) is 5.02 Å². The molecule has 0 bridgehead atoms.